The van der Waals surface area contributed by atoms with Crippen molar-refractivity contribution < 1.29 is 30.1 Å². The molecule has 0 radical (unpaired) electrons. The number of aliphatic carboxylic acids is 2. The summed E-state index contributed by atoms with van der Waals surface area (Å²) in [5.41, 5.74) is 0. The van der Waals surface area contributed by atoms with Gasteiger partial charge in [-0.05, 0) is 12.8 Å². The molecule has 1 fully saturated rings. The highest BCUT2D eigenvalue weighted by Crippen LogP contribution is 2.12. The Kier molecular flexibility index (Phi) is 7.44. The zero-order valence-electron chi connectivity index (χ0n) is 8.87. The Morgan fingerprint density at radius 2 is 1.69 bits per heavy atom. The Bertz CT molecular complexity index is 218. The van der Waals surface area contributed by atoms with Gasteiger partial charge in [0.2, 0.25) is 0 Å². The molecule has 16 heavy (non-hydrogen) atoms. The van der Waals surface area contributed by atoms with Crippen molar-refractivity contribution in [3.8, 4) is 0 Å². The number of hydrogen-bond donors (Lipinski definition) is 4. The molecule has 1 atom stereocenters. The van der Waals surface area contributed by atoms with Crippen molar-refractivity contribution in [2.45, 2.75) is 31.7 Å². The lowest BCUT2D eigenvalue weighted by atomic mass is 10.2. The van der Waals surface area contributed by atoms with Crippen LogP contribution in [0.2, 0.25) is 0 Å². The van der Waals surface area contributed by atoms with Crippen molar-refractivity contribution in [2.75, 3.05) is 13.2 Å². The van der Waals surface area contributed by atoms with Crippen LogP contribution < -0.4 is 0 Å². The molecule has 0 unspecified atom stereocenters. The van der Waals surface area contributed by atoms with E-state index in [0.717, 1.165) is 12.8 Å². The summed E-state index contributed by atoms with van der Waals surface area (Å²) in [7, 11) is 0. The maximum atomic E-state index is 9.64. The van der Waals surface area contributed by atoms with Gasteiger partial charge in [0.1, 0.15) is 0 Å². The zero-order valence-corrected chi connectivity index (χ0v) is 8.87. The quantitative estimate of drug-likeness (QED) is 0.531. The lowest BCUT2D eigenvalue weighted by molar-refractivity contribution is -0.143. The van der Waals surface area contributed by atoms with Crippen molar-refractivity contribution in [3.05, 3.63) is 0 Å². The van der Waals surface area contributed by atoms with Crippen LogP contribution in [0.4, 0.5) is 0 Å². The van der Waals surface area contributed by atoms with Gasteiger partial charge in [-0.3, -0.25) is 9.59 Å². The minimum absolute atomic E-state index is 0.00926. The lowest BCUT2D eigenvalue weighted by Crippen LogP contribution is -2.28. The number of nitrogens with zero attached hydrogens (tertiary/aromatic N) is 1. The van der Waals surface area contributed by atoms with Gasteiger partial charge in [-0.15, -0.1) is 0 Å². The summed E-state index contributed by atoms with van der Waals surface area (Å²) < 4.78 is 0. The number of carboxylic acid groups (broad SMARTS) is 2. The van der Waals surface area contributed by atoms with E-state index < -0.39 is 11.9 Å². The van der Waals surface area contributed by atoms with Crippen LogP contribution in [0.1, 0.15) is 25.7 Å². The molecule has 0 bridgehead atoms. The first kappa shape index (κ1) is 14.8. The predicted octanol–water partition coefficient (Wildman–Crippen LogP) is -0.232. The third kappa shape index (κ3) is 7.16. The number of rotatable bonds is 4. The third-order valence-corrected chi connectivity index (χ3v) is 2.11. The first-order valence-corrected chi connectivity index (χ1v) is 4.97. The van der Waals surface area contributed by atoms with Gasteiger partial charge < -0.3 is 20.5 Å². The Hall–Kier alpha value is -1.18. The second kappa shape index (κ2) is 8.03. The number of aliphatic hydroxyl groups is 1. The summed E-state index contributed by atoms with van der Waals surface area (Å²) in [5.74, 6) is -2.15. The average Bonchev–Trinajstić information content (AvgIpc) is 2.61. The Morgan fingerprint density at radius 3 is 1.88 bits per heavy atom. The van der Waals surface area contributed by atoms with E-state index in [9.17, 15) is 9.59 Å². The zero-order chi connectivity index (χ0) is 12.6. The van der Waals surface area contributed by atoms with E-state index in [1.165, 1.54) is 5.06 Å². The van der Waals surface area contributed by atoms with Crippen molar-refractivity contribution in [1.29, 1.82) is 0 Å². The molecule has 1 rings (SSSR count). The van der Waals surface area contributed by atoms with Gasteiger partial charge in [0, 0.05) is 6.54 Å². The van der Waals surface area contributed by atoms with E-state index >= 15 is 0 Å². The van der Waals surface area contributed by atoms with Crippen LogP contribution in [-0.2, 0) is 9.59 Å². The van der Waals surface area contributed by atoms with Gasteiger partial charge in [-0.1, -0.05) is 0 Å². The molecule has 0 aromatic carbocycles. The number of aliphatic hydroxyl groups excluding tert-OH is 1. The second-order valence-electron chi connectivity index (χ2n) is 3.43. The van der Waals surface area contributed by atoms with E-state index in [1.807, 2.05) is 0 Å². The molecule has 7 heteroatoms. The fraction of sp³-hybridized carbons (Fsp3) is 0.778. The van der Waals surface area contributed by atoms with E-state index in [-0.39, 0.29) is 25.5 Å². The van der Waals surface area contributed by atoms with Gasteiger partial charge in [-0.25, -0.2) is 0 Å². The van der Waals surface area contributed by atoms with E-state index in [4.69, 9.17) is 20.5 Å². The molecule has 0 amide bonds. The van der Waals surface area contributed by atoms with Gasteiger partial charge in [0.25, 0.3) is 0 Å². The first-order valence-electron chi connectivity index (χ1n) is 4.97. The summed E-state index contributed by atoms with van der Waals surface area (Å²) in [5, 5.41) is 34.4. The van der Waals surface area contributed by atoms with E-state index in [0.29, 0.717) is 6.54 Å². The molecule has 0 aromatic heterocycles. The Labute approximate surface area is 92.9 Å². The van der Waals surface area contributed by atoms with Crippen LogP contribution in [0.5, 0.6) is 0 Å². The van der Waals surface area contributed by atoms with Crippen LogP contribution in [0.3, 0.4) is 0 Å². The first-order chi connectivity index (χ1) is 7.47. The third-order valence-electron chi connectivity index (χ3n) is 2.11. The molecular weight excluding hydrogens is 218 g/mol. The lowest BCUT2D eigenvalue weighted by Gasteiger charge is -2.12. The molecule has 1 aliphatic heterocycles. The Morgan fingerprint density at radius 1 is 1.19 bits per heavy atom. The highest BCUT2D eigenvalue weighted by molar-refractivity contribution is 5.75. The van der Waals surface area contributed by atoms with Crippen LogP contribution in [0.15, 0.2) is 0 Å². The summed E-state index contributed by atoms with van der Waals surface area (Å²) >= 11 is 0. The molecular formula is C9H17NO6. The predicted molar refractivity (Wildman–Crippen MR) is 53.1 cm³/mol. The monoisotopic (exact) mass is 235 g/mol. The summed E-state index contributed by atoms with van der Waals surface area (Å²) in [6.45, 7) is 0.793. The van der Waals surface area contributed by atoms with E-state index in [1.54, 1.807) is 0 Å². The number of hydroxylamine groups is 2. The van der Waals surface area contributed by atoms with Crippen LogP contribution in [0, 0.1) is 0 Å². The largest absolute Gasteiger partial charge is 0.481 e. The number of carboxylic acids is 2. The molecule has 1 aliphatic rings. The minimum Gasteiger partial charge on any atom is -0.481 e. The van der Waals surface area contributed by atoms with Gasteiger partial charge >= 0.3 is 11.9 Å². The van der Waals surface area contributed by atoms with Gasteiger partial charge in [0.05, 0.1) is 25.5 Å². The highest BCUT2D eigenvalue weighted by atomic mass is 16.5. The maximum absolute atomic E-state index is 9.64. The standard InChI is InChI=1S/C5H11NO2.C4H6O4/c7-4-5-2-1-3-6(5)8;5-3(6)1-2-4(7)8/h5,7-8H,1-4H2;1-2H2,(H,5,6)(H,7,8)/t5-;/m0./s1. The SMILES string of the molecule is O=C(O)CCC(=O)O.OC[C@@H]1CCCN1O. The number of carbonyl (C=O) groups is 2. The van der Waals surface area contributed by atoms with Crippen molar-refractivity contribution in [1.82, 2.24) is 5.06 Å². The highest BCUT2D eigenvalue weighted by Gasteiger charge is 2.20. The van der Waals surface area contributed by atoms with Crippen molar-refractivity contribution in [3.63, 3.8) is 0 Å². The van der Waals surface area contributed by atoms with Crippen LogP contribution in [-0.4, -0.2) is 56.7 Å². The summed E-state index contributed by atoms with van der Waals surface area (Å²) in [4.78, 5) is 19.3. The van der Waals surface area contributed by atoms with E-state index in [2.05, 4.69) is 0 Å². The molecule has 0 aromatic rings. The summed E-state index contributed by atoms with van der Waals surface area (Å²) in [6, 6.07) is 0.00926. The van der Waals surface area contributed by atoms with Gasteiger partial charge in [0.15, 0.2) is 0 Å². The minimum atomic E-state index is -1.08. The van der Waals surface area contributed by atoms with Gasteiger partial charge in [-0.2, -0.15) is 5.06 Å². The average molecular weight is 235 g/mol. The molecule has 4 N–H and O–H groups in total. The molecule has 1 saturated heterocycles. The molecule has 0 aliphatic carbocycles. The molecule has 7 nitrogen and oxygen atoms in total. The van der Waals surface area contributed by atoms with Crippen molar-refractivity contribution >= 4 is 11.9 Å². The summed E-state index contributed by atoms with van der Waals surface area (Å²) in [6.07, 6.45) is 1.33. The second-order valence-corrected chi connectivity index (χ2v) is 3.43. The van der Waals surface area contributed by atoms with Crippen LogP contribution in [0.25, 0.3) is 0 Å². The van der Waals surface area contributed by atoms with Crippen molar-refractivity contribution in [2.24, 2.45) is 0 Å². The topological polar surface area (TPSA) is 118 Å². The molecule has 1 heterocycles. The molecule has 0 saturated carbocycles. The number of hydrogen-bond acceptors (Lipinski definition) is 5. The maximum Gasteiger partial charge on any atom is 0.303 e. The molecule has 0 spiro atoms. The Balaban J connectivity index is 0.000000281. The normalized spacial score (nSPS) is 20.0. The smallest absolute Gasteiger partial charge is 0.303 e. The molecule has 94 valence electrons. The van der Waals surface area contributed by atoms with Crippen LogP contribution >= 0.6 is 0 Å². The fourth-order valence-electron chi connectivity index (χ4n) is 1.22. The fourth-order valence-corrected chi connectivity index (χ4v) is 1.22.